The van der Waals surface area contributed by atoms with E-state index < -0.39 is 4.92 Å². The normalized spacial score (nSPS) is 10.6. The third kappa shape index (κ3) is 3.95. The molecule has 0 spiro atoms. The number of rotatable bonds is 7. The number of carbonyl (C=O) groups is 1. The van der Waals surface area contributed by atoms with E-state index in [1.807, 2.05) is 0 Å². The predicted octanol–water partition coefficient (Wildman–Crippen LogP) is 2.59. The highest BCUT2D eigenvalue weighted by Crippen LogP contribution is 2.34. The second-order valence-electron chi connectivity index (χ2n) is 5.45. The fourth-order valence-corrected chi connectivity index (χ4v) is 3.36. The van der Waals surface area contributed by atoms with Crippen LogP contribution in [0.3, 0.4) is 0 Å². The summed E-state index contributed by atoms with van der Waals surface area (Å²) >= 11 is 1.19. The molecule has 0 aliphatic carbocycles. The zero-order valence-electron chi connectivity index (χ0n) is 14.6. The van der Waals surface area contributed by atoms with E-state index in [9.17, 15) is 14.9 Å². The van der Waals surface area contributed by atoms with Crippen molar-refractivity contribution in [3.8, 4) is 11.5 Å². The fourth-order valence-electron chi connectivity index (χ4n) is 2.53. The lowest BCUT2D eigenvalue weighted by Gasteiger charge is -2.10. The standard InChI is InChI=1S/C17H16N4O5S/c1-25-13-8-10(12(21(23)24)9-14(13)26-2)5-7-18-15(22)17-20-11-4-3-6-19-16(11)27-17/h3-4,6,8-9H,5,7H2,1-2H3,(H,18,22). The summed E-state index contributed by atoms with van der Waals surface area (Å²) in [4.78, 5) is 32.2. The Hall–Kier alpha value is -3.27. The number of nitrogens with zero attached hydrogens (tertiary/aromatic N) is 3. The molecule has 2 aromatic heterocycles. The van der Waals surface area contributed by atoms with Crippen LogP contribution in [0.25, 0.3) is 10.3 Å². The van der Waals surface area contributed by atoms with Crippen molar-refractivity contribution in [3.05, 3.63) is 51.1 Å². The molecule has 0 bridgehead atoms. The van der Waals surface area contributed by atoms with Crippen molar-refractivity contribution in [2.75, 3.05) is 20.8 Å². The van der Waals surface area contributed by atoms with Gasteiger partial charge in [-0.25, -0.2) is 9.97 Å². The Bertz CT molecular complexity index is 971. The predicted molar refractivity (Wildman–Crippen MR) is 99.7 cm³/mol. The summed E-state index contributed by atoms with van der Waals surface area (Å²) in [5, 5.41) is 14.3. The van der Waals surface area contributed by atoms with Crippen LogP contribution in [0, 0.1) is 10.1 Å². The highest BCUT2D eigenvalue weighted by molar-refractivity contribution is 7.19. The van der Waals surface area contributed by atoms with E-state index in [1.54, 1.807) is 24.4 Å². The smallest absolute Gasteiger partial charge is 0.280 e. The highest BCUT2D eigenvalue weighted by atomic mass is 32.1. The highest BCUT2D eigenvalue weighted by Gasteiger charge is 2.20. The summed E-state index contributed by atoms with van der Waals surface area (Å²) in [5.74, 6) is 0.321. The van der Waals surface area contributed by atoms with Gasteiger partial charge in [0.15, 0.2) is 16.5 Å². The molecule has 3 rings (SSSR count). The lowest BCUT2D eigenvalue weighted by atomic mass is 10.1. The molecule has 0 aliphatic heterocycles. The van der Waals surface area contributed by atoms with Crippen molar-refractivity contribution in [2.45, 2.75) is 6.42 Å². The van der Waals surface area contributed by atoms with Crippen LogP contribution in [-0.4, -0.2) is 41.6 Å². The summed E-state index contributed by atoms with van der Waals surface area (Å²) in [5.41, 5.74) is 0.998. The SMILES string of the molecule is COc1cc(CCNC(=O)c2nc3cccnc3s2)c([N+](=O)[O-])cc1OC. The number of fused-ring (bicyclic) bond motifs is 1. The van der Waals surface area contributed by atoms with Crippen LogP contribution >= 0.6 is 11.3 Å². The fraction of sp³-hybridized carbons (Fsp3) is 0.235. The molecule has 3 aromatic rings. The summed E-state index contributed by atoms with van der Waals surface area (Å²) in [7, 11) is 2.87. The first kappa shape index (κ1) is 18.5. The van der Waals surface area contributed by atoms with E-state index in [-0.39, 0.29) is 30.3 Å². The maximum absolute atomic E-state index is 12.3. The van der Waals surface area contributed by atoms with E-state index in [1.165, 1.54) is 31.6 Å². The van der Waals surface area contributed by atoms with Gasteiger partial charge in [0.2, 0.25) is 0 Å². The lowest BCUT2D eigenvalue weighted by molar-refractivity contribution is -0.385. The van der Waals surface area contributed by atoms with Crippen LogP contribution in [0.1, 0.15) is 15.4 Å². The minimum atomic E-state index is -0.488. The number of carbonyl (C=O) groups excluding carboxylic acids is 1. The Morgan fingerprint density at radius 2 is 2.04 bits per heavy atom. The van der Waals surface area contributed by atoms with Gasteiger partial charge in [-0.15, -0.1) is 0 Å². The minimum absolute atomic E-state index is 0.0916. The van der Waals surface area contributed by atoms with Crippen molar-refractivity contribution in [2.24, 2.45) is 0 Å². The lowest BCUT2D eigenvalue weighted by Crippen LogP contribution is -2.25. The number of ether oxygens (including phenoxy) is 2. The average molecular weight is 388 g/mol. The van der Waals surface area contributed by atoms with Crippen molar-refractivity contribution in [1.29, 1.82) is 0 Å². The van der Waals surface area contributed by atoms with Gasteiger partial charge < -0.3 is 14.8 Å². The van der Waals surface area contributed by atoms with Crippen molar-refractivity contribution in [1.82, 2.24) is 15.3 Å². The third-order valence-electron chi connectivity index (χ3n) is 3.82. The number of amides is 1. The maximum Gasteiger partial charge on any atom is 0.280 e. The van der Waals surface area contributed by atoms with Gasteiger partial charge >= 0.3 is 0 Å². The molecule has 0 radical (unpaired) electrons. The number of nitro benzene ring substituents is 1. The van der Waals surface area contributed by atoms with E-state index in [4.69, 9.17) is 9.47 Å². The summed E-state index contributed by atoms with van der Waals surface area (Å²) in [6, 6.07) is 6.39. The molecular formula is C17H16N4O5S. The van der Waals surface area contributed by atoms with Crippen molar-refractivity contribution in [3.63, 3.8) is 0 Å². The van der Waals surface area contributed by atoms with Gasteiger partial charge in [0.25, 0.3) is 11.6 Å². The average Bonchev–Trinajstić information content (AvgIpc) is 3.11. The molecule has 1 N–H and O–H groups in total. The number of nitrogens with one attached hydrogen (secondary N) is 1. The van der Waals surface area contributed by atoms with Gasteiger partial charge in [-0.2, -0.15) is 0 Å². The third-order valence-corrected chi connectivity index (χ3v) is 4.80. The second-order valence-corrected chi connectivity index (χ2v) is 6.42. The van der Waals surface area contributed by atoms with Crippen molar-refractivity contribution < 1.29 is 19.2 Å². The first-order valence-electron chi connectivity index (χ1n) is 7.92. The van der Waals surface area contributed by atoms with E-state index >= 15 is 0 Å². The topological polar surface area (TPSA) is 116 Å². The van der Waals surface area contributed by atoms with Gasteiger partial charge in [0, 0.05) is 18.3 Å². The van der Waals surface area contributed by atoms with Gasteiger partial charge in [0.1, 0.15) is 10.3 Å². The Kier molecular flexibility index (Phi) is 5.46. The van der Waals surface area contributed by atoms with Crippen LogP contribution in [0.5, 0.6) is 11.5 Å². The molecule has 9 nitrogen and oxygen atoms in total. The first-order chi connectivity index (χ1) is 13.0. The summed E-state index contributed by atoms with van der Waals surface area (Å²) in [6.07, 6.45) is 1.89. The zero-order chi connectivity index (χ0) is 19.4. The number of methoxy groups -OCH3 is 2. The van der Waals surface area contributed by atoms with Crippen LogP contribution < -0.4 is 14.8 Å². The Balaban J connectivity index is 1.72. The van der Waals surface area contributed by atoms with Gasteiger partial charge in [-0.05, 0) is 24.6 Å². The number of thiazole rings is 1. The number of aromatic nitrogens is 2. The van der Waals surface area contributed by atoms with E-state index in [0.717, 1.165) is 0 Å². The molecule has 1 amide bonds. The first-order valence-corrected chi connectivity index (χ1v) is 8.74. The van der Waals surface area contributed by atoms with Gasteiger partial charge in [-0.3, -0.25) is 14.9 Å². The van der Waals surface area contributed by atoms with Crippen LogP contribution in [0.4, 0.5) is 5.69 Å². The Labute approximate surface area is 158 Å². The quantitative estimate of drug-likeness (QED) is 0.488. The van der Waals surface area contributed by atoms with Gasteiger partial charge in [-0.1, -0.05) is 11.3 Å². The van der Waals surface area contributed by atoms with E-state index in [2.05, 4.69) is 15.3 Å². The van der Waals surface area contributed by atoms with Gasteiger partial charge in [0.05, 0.1) is 25.2 Å². The molecule has 0 atom stereocenters. The minimum Gasteiger partial charge on any atom is -0.493 e. The second kappa shape index (κ2) is 7.96. The largest absolute Gasteiger partial charge is 0.493 e. The van der Waals surface area contributed by atoms with Crippen LogP contribution in [0.15, 0.2) is 30.5 Å². The molecule has 0 aliphatic rings. The molecule has 1 aromatic carbocycles. The molecule has 2 heterocycles. The number of benzene rings is 1. The Morgan fingerprint density at radius 3 is 2.70 bits per heavy atom. The molecular weight excluding hydrogens is 372 g/mol. The molecule has 140 valence electrons. The van der Waals surface area contributed by atoms with Crippen LogP contribution in [-0.2, 0) is 6.42 Å². The number of hydrogen-bond acceptors (Lipinski definition) is 8. The monoisotopic (exact) mass is 388 g/mol. The molecule has 10 heteroatoms. The zero-order valence-corrected chi connectivity index (χ0v) is 15.4. The van der Waals surface area contributed by atoms with Crippen molar-refractivity contribution >= 4 is 33.3 Å². The van der Waals surface area contributed by atoms with Crippen LogP contribution in [0.2, 0.25) is 0 Å². The molecule has 0 unspecified atom stereocenters. The summed E-state index contributed by atoms with van der Waals surface area (Å²) < 4.78 is 10.3. The Morgan fingerprint density at radius 1 is 1.30 bits per heavy atom. The number of pyridine rings is 1. The molecule has 0 saturated carbocycles. The maximum atomic E-state index is 12.3. The number of hydrogen-bond donors (Lipinski definition) is 1. The summed E-state index contributed by atoms with van der Waals surface area (Å²) in [6.45, 7) is 0.207. The molecule has 0 fully saturated rings. The molecule has 0 saturated heterocycles. The van der Waals surface area contributed by atoms with E-state index in [0.29, 0.717) is 26.7 Å². The molecule has 27 heavy (non-hydrogen) atoms. The number of nitro groups is 1.